The minimum Gasteiger partial charge on any atom is -0.378 e. The van der Waals surface area contributed by atoms with Crippen LogP contribution < -0.4 is 11.1 Å². The maximum atomic E-state index is 11.1. The largest absolute Gasteiger partial charge is 0.378 e. The summed E-state index contributed by atoms with van der Waals surface area (Å²) in [7, 11) is 0. The van der Waals surface area contributed by atoms with Gasteiger partial charge in [-0.25, -0.2) is 9.97 Å². The Balaban J connectivity index is 1.67. The van der Waals surface area contributed by atoms with Crippen molar-refractivity contribution in [1.82, 2.24) is 14.9 Å². The van der Waals surface area contributed by atoms with E-state index in [-0.39, 0.29) is 17.3 Å². The Kier molecular flexibility index (Phi) is 5.08. The third-order valence-corrected chi connectivity index (χ3v) is 4.53. The van der Waals surface area contributed by atoms with E-state index in [2.05, 4.69) is 27.1 Å². The van der Waals surface area contributed by atoms with E-state index in [1.165, 1.54) is 24.7 Å². The van der Waals surface area contributed by atoms with Crippen LogP contribution in [-0.4, -0.2) is 32.9 Å². The molecule has 1 saturated heterocycles. The molecule has 0 bridgehead atoms. The van der Waals surface area contributed by atoms with Gasteiger partial charge in [0.15, 0.2) is 0 Å². The molecule has 0 saturated carbocycles. The second kappa shape index (κ2) is 7.43. The van der Waals surface area contributed by atoms with Crippen molar-refractivity contribution in [3.05, 3.63) is 46.3 Å². The van der Waals surface area contributed by atoms with E-state index in [0.29, 0.717) is 0 Å². The lowest BCUT2D eigenvalue weighted by Crippen LogP contribution is -2.32. The predicted octanol–water partition coefficient (Wildman–Crippen LogP) is 2.94. The summed E-state index contributed by atoms with van der Waals surface area (Å²) in [6, 6.07) is 7.83. The van der Waals surface area contributed by atoms with E-state index in [1.807, 2.05) is 24.3 Å². The minimum atomic E-state index is -0.580. The SMILES string of the molecule is CC1CCN(Cc2ccc(Nc3ncnc(N)c3[N+](=O)[O-])cc2)CC1. The number of nitro groups is 1. The van der Waals surface area contributed by atoms with Crippen molar-refractivity contribution in [1.29, 1.82) is 0 Å². The first-order valence-corrected chi connectivity index (χ1v) is 8.36. The van der Waals surface area contributed by atoms with Gasteiger partial charge in [-0.2, -0.15) is 0 Å². The third-order valence-electron chi connectivity index (χ3n) is 4.53. The van der Waals surface area contributed by atoms with Crippen molar-refractivity contribution >= 4 is 23.0 Å². The molecule has 1 aromatic heterocycles. The average molecular weight is 342 g/mol. The van der Waals surface area contributed by atoms with Crippen molar-refractivity contribution in [3.63, 3.8) is 0 Å². The summed E-state index contributed by atoms with van der Waals surface area (Å²) in [4.78, 5) is 20.6. The number of nitrogens with one attached hydrogen (secondary N) is 1. The van der Waals surface area contributed by atoms with Crippen LogP contribution >= 0.6 is 0 Å². The van der Waals surface area contributed by atoms with Gasteiger partial charge in [-0.1, -0.05) is 19.1 Å². The lowest BCUT2D eigenvalue weighted by molar-refractivity contribution is -0.383. The minimum absolute atomic E-state index is 0.0928. The average Bonchev–Trinajstić information content (AvgIpc) is 2.58. The van der Waals surface area contributed by atoms with Gasteiger partial charge in [-0.3, -0.25) is 15.0 Å². The van der Waals surface area contributed by atoms with Crippen molar-refractivity contribution < 1.29 is 4.92 Å². The van der Waals surface area contributed by atoms with E-state index in [9.17, 15) is 10.1 Å². The molecule has 8 heteroatoms. The van der Waals surface area contributed by atoms with E-state index in [4.69, 9.17) is 5.73 Å². The number of nitrogen functional groups attached to an aromatic ring is 1. The number of likely N-dealkylation sites (tertiary alicyclic amines) is 1. The highest BCUT2D eigenvalue weighted by Gasteiger charge is 2.21. The number of hydrogen-bond donors (Lipinski definition) is 2. The van der Waals surface area contributed by atoms with Crippen LogP contribution in [0, 0.1) is 16.0 Å². The summed E-state index contributed by atoms with van der Waals surface area (Å²) in [5.41, 5.74) is 7.20. The number of nitrogens with two attached hydrogens (primary N) is 1. The van der Waals surface area contributed by atoms with Crippen LogP contribution in [-0.2, 0) is 6.54 Å². The molecule has 1 aliphatic heterocycles. The Morgan fingerprint density at radius 2 is 1.96 bits per heavy atom. The number of anilines is 3. The zero-order valence-electron chi connectivity index (χ0n) is 14.2. The van der Waals surface area contributed by atoms with Gasteiger partial charge >= 0.3 is 5.69 Å². The highest BCUT2D eigenvalue weighted by atomic mass is 16.6. The fourth-order valence-electron chi connectivity index (χ4n) is 2.97. The third kappa shape index (κ3) is 4.21. The van der Waals surface area contributed by atoms with Crippen LogP contribution in [0.4, 0.5) is 23.0 Å². The Labute approximate surface area is 146 Å². The molecule has 0 aliphatic carbocycles. The monoisotopic (exact) mass is 342 g/mol. The topological polar surface area (TPSA) is 110 Å². The molecule has 25 heavy (non-hydrogen) atoms. The first-order chi connectivity index (χ1) is 12.0. The quantitative estimate of drug-likeness (QED) is 0.635. The maximum absolute atomic E-state index is 11.1. The fraction of sp³-hybridized carbons (Fsp3) is 0.412. The molecule has 132 valence electrons. The van der Waals surface area contributed by atoms with Gasteiger partial charge in [0, 0.05) is 12.2 Å². The maximum Gasteiger partial charge on any atom is 0.353 e. The smallest absolute Gasteiger partial charge is 0.353 e. The Bertz CT molecular complexity index is 741. The van der Waals surface area contributed by atoms with Gasteiger partial charge in [0.1, 0.15) is 6.33 Å². The zero-order chi connectivity index (χ0) is 17.8. The summed E-state index contributed by atoms with van der Waals surface area (Å²) < 4.78 is 0. The standard InChI is InChI=1S/C17H22N6O2/c1-12-6-8-22(9-7-12)10-13-2-4-14(5-3-13)21-17-15(23(24)25)16(18)19-11-20-17/h2-5,11-12H,6-10H2,1H3,(H3,18,19,20,21). The van der Waals surface area contributed by atoms with Gasteiger partial charge in [-0.05, 0) is 49.5 Å². The molecule has 1 aromatic carbocycles. The van der Waals surface area contributed by atoms with Crippen molar-refractivity contribution in [2.75, 3.05) is 24.1 Å². The summed E-state index contributed by atoms with van der Waals surface area (Å²) in [5.74, 6) is 0.757. The first-order valence-electron chi connectivity index (χ1n) is 8.36. The Morgan fingerprint density at radius 3 is 2.60 bits per heavy atom. The molecule has 0 radical (unpaired) electrons. The summed E-state index contributed by atoms with van der Waals surface area (Å²) >= 11 is 0. The molecule has 3 N–H and O–H groups in total. The van der Waals surface area contributed by atoms with E-state index >= 15 is 0 Å². The summed E-state index contributed by atoms with van der Waals surface area (Å²) in [5, 5.41) is 14.1. The summed E-state index contributed by atoms with van der Waals surface area (Å²) in [6.45, 7) is 5.49. The van der Waals surface area contributed by atoms with Gasteiger partial charge in [0.2, 0.25) is 11.6 Å². The number of piperidine rings is 1. The predicted molar refractivity (Wildman–Crippen MR) is 96.5 cm³/mol. The van der Waals surface area contributed by atoms with Crippen LogP contribution in [0.15, 0.2) is 30.6 Å². The van der Waals surface area contributed by atoms with Crippen LogP contribution in [0.3, 0.4) is 0 Å². The number of benzene rings is 1. The molecular formula is C17H22N6O2. The van der Waals surface area contributed by atoms with E-state index in [1.54, 1.807) is 0 Å². The lowest BCUT2D eigenvalue weighted by Gasteiger charge is -2.30. The van der Waals surface area contributed by atoms with Gasteiger partial charge < -0.3 is 11.1 Å². The molecule has 1 fully saturated rings. The normalized spacial score (nSPS) is 15.9. The number of rotatable bonds is 5. The Morgan fingerprint density at radius 1 is 1.28 bits per heavy atom. The molecule has 0 unspecified atom stereocenters. The molecule has 2 aromatic rings. The first kappa shape index (κ1) is 17.1. The highest BCUT2D eigenvalue weighted by molar-refractivity contribution is 5.72. The lowest BCUT2D eigenvalue weighted by atomic mass is 9.99. The van der Waals surface area contributed by atoms with Gasteiger partial charge in [0.05, 0.1) is 4.92 Å². The van der Waals surface area contributed by atoms with E-state index in [0.717, 1.165) is 31.2 Å². The highest BCUT2D eigenvalue weighted by Crippen LogP contribution is 2.29. The molecular weight excluding hydrogens is 320 g/mol. The Hall–Kier alpha value is -2.74. The second-order valence-electron chi connectivity index (χ2n) is 6.49. The van der Waals surface area contributed by atoms with Crippen molar-refractivity contribution in [3.8, 4) is 0 Å². The molecule has 0 atom stereocenters. The number of aromatic nitrogens is 2. The molecule has 0 spiro atoms. The van der Waals surface area contributed by atoms with Crippen molar-refractivity contribution in [2.24, 2.45) is 5.92 Å². The van der Waals surface area contributed by atoms with Crippen LogP contribution in [0.25, 0.3) is 0 Å². The molecule has 2 heterocycles. The van der Waals surface area contributed by atoms with E-state index < -0.39 is 4.92 Å². The molecule has 1 aliphatic rings. The van der Waals surface area contributed by atoms with Crippen LogP contribution in [0.2, 0.25) is 0 Å². The zero-order valence-corrected chi connectivity index (χ0v) is 14.2. The van der Waals surface area contributed by atoms with Crippen LogP contribution in [0.5, 0.6) is 0 Å². The number of hydrogen-bond acceptors (Lipinski definition) is 7. The van der Waals surface area contributed by atoms with Gasteiger partial charge in [0.25, 0.3) is 0 Å². The molecule has 8 nitrogen and oxygen atoms in total. The second-order valence-corrected chi connectivity index (χ2v) is 6.49. The fourth-order valence-corrected chi connectivity index (χ4v) is 2.97. The number of nitrogens with zero attached hydrogens (tertiary/aromatic N) is 4. The van der Waals surface area contributed by atoms with Crippen LogP contribution in [0.1, 0.15) is 25.3 Å². The van der Waals surface area contributed by atoms with Gasteiger partial charge in [-0.15, -0.1) is 0 Å². The molecule has 0 amide bonds. The van der Waals surface area contributed by atoms with Crippen molar-refractivity contribution in [2.45, 2.75) is 26.3 Å². The summed E-state index contributed by atoms with van der Waals surface area (Å²) in [6.07, 6.45) is 3.70. The molecule has 3 rings (SSSR count).